The number of aromatic amines is 1. The third kappa shape index (κ3) is 2.04. The molecule has 1 N–H and O–H groups in total. The predicted molar refractivity (Wildman–Crippen MR) is 79.8 cm³/mol. The minimum absolute atomic E-state index is 0.0869. The van der Waals surface area contributed by atoms with E-state index in [1.807, 2.05) is 55.5 Å². The van der Waals surface area contributed by atoms with Crippen LogP contribution in [0.4, 0.5) is 0 Å². The summed E-state index contributed by atoms with van der Waals surface area (Å²) in [5.41, 5.74) is 2.58. The molecular formula is C16H12ClNO. The number of hydrogen-bond donors (Lipinski definition) is 1. The summed E-state index contributed by atoms with van der Waals surface area (Å²) in [5.74, 6) is 0. The number of aromatic nitrogens is 1. The summed E-state index contributed by atoms with van der Waals surface area (Å²) < 4.78 is 0. The van der Waals surface area contributed by atoms with Gasteiger partial charge in [-0.05, 0) is 36.1 Å². The van der Waals surface area contributed by atoms with Gasteiger partial charge in [0.05, 0.1) is 5.69 Å². The van der Waals surface area contributed by atoms with Crippen LogP contribution in [0.3, 0.4) is 0 Å². The van der Waals surface area contributed by atoms with E-state index in [4.69, 9.17) is 11.6 Å². The number of fused-ring (bicyclic) bond motifs is 1. The van der Waals surface area contributed by atoms with E-state index in [1.165, 1.54) is 0 Å². The lowest BCUT2D eigenvalue weighted by Crippen LogP contribution is -2.07. The number of H-pyrrole nitrogens is 1. The Labute approximate surface area is 115 Å². The summed E-state index contributed by atoms with van der Waals surface area (Å²) in [7, 11) is 0. The number of hydrogen-bond acceptors (Lipinski definition) is 1. The predicted octanol–water partition coefficient (Wildman–Crippen LogP) is 4.16. The Hall–Kier alpha value is -2.06. The van der Waals surface area contributed by atoms with Gasteiger partial charge in [-0.2, -0.15) is 0 Å². The molecule has 1 aromatic heterocycles. The molecule has 0 amide bonds. The second-order valence-electron chi connectivity index (χ2n) is 4.53. The van der Waals surface area contributed by atoms with Gasteiger partial charge < -0.3 is 4.98 Å². The quantitative estimate of drug-likeness (QED) is 0.707. The van der Waals surface area contributed by atoms with Gasteiger partial charge in [0.25, 0.3) is 5.56 Å². The second-order valence-corrected chi connectivity index (χ2v) is 4.94. The molecule has 3 rings (SSSR count). The van der Waals surface area contributed by atoms with E-state index < -0.39 is 0 Å². The van der Waals surface area contributed by atoms with Gasteiger partial charge >= 0.3 is 0 Å². The number of rotatable bonds is 1. The van der Waals surface area contributed by atoms with Gasteiger partial charge in [0.1, 0.15) is 0 Å². The zero-order chi connectivity index (χ0) is 13.4. The normalized spacial score (nSPS) is 10.8. The van der Waals surface area contributed by atoms with Gasteiger partial charge in [-0.3, -0.25) is 4.79 Å². The van der Waals surface area contributed by atoms with Crippen LogP contribution >= 0.6 is 11.6 Å². The number of nitrogens with one attached hydrogen (secondary N) is 1. The largest absolute Gasteiger partial charge is 0.321 e. The molecule has 0 saturated carbocycles. The highest BCUT2D eigenvalue weighted by Gasteiger charge is 2.07. The fourth-order valence-electron chi connectivity index (χ4n) is 2.27. The van der Waals surface area contributed by atoms with Crippen LogP contribution in [0.5, 0.6) is 0 Å². The first-order valence-electron chi connectivity index (χ1n) is 6.04. The molecule has 0 aliphatic carbocycles. The van der Waals surface area contributed by atoms with Crippen molar-refractivity contribution >= 4 is 22.4 Å². The Kier molecular flexibility index (Phi) is 2.88. The van der Waals surface area contributed by atoms with E-state index in [2.05, 4.69) is 4.98 Å². The minimum Gasteiger partial charge on any atom is -0.321 e. The summed E-state index contributed by atoms with van der Waals surface area (Å²) in [4.78, 5) is 15.0. The molecule has 0 aliphatic rings. The molecule has 0 spiro atoms. The standard InChI is InChI=1S/C16H12ClNO/c1-10-5-4-7-11-13(10)9-15(18-16(11)19)12-6-2-3-8-14(12)17/h2-9H,1H3,(H,18,19). The summed E-state index contributed by atoms with van der Waals surface area (Å²) in [5, 5.41) is 2.29. The van der Waals surface area contributed by atoms with E-state index in [0.29, 0.717) is 10.4 Å². The molecule has 0 fully saturated rings. The molecule has 2 aromatic carbocycles. The third-order valence-electron chi connectivity index (χ3n) is 3.27. The lowest BCUT2D eigenvalue weighted by atomic mass is 10.0. The Balaban J connectivity index is 2.36. The van der Waals surface area contributed by atoms with Crippen LogP contribution < -0.4 is 5.56 Å². The highest BCUT2D eigenvalue weighted by Crippen LogP contribution is 2.27. The lowest BCUT2D eigenvalue weighted by Gasteiger charge is -2.07. The van der Waals surface area contributed by atoms with Crippen molar-refractivity contribution in [3.05, 3.63) is 69.5 Å². The van der Waals surface area contributed by atoms with Gasteiger partial charge in [0.15, 0.2) is 0 Å². The molecule has 3 aromatic rings. The molecule has 0 atom stereocenters. The Morgan fingerprint density at radius 2 is 1.79 bits per heavy atom. The Morgan fingerprint density at radius 3 is 2.58 bits per heavy atom. The molecule has 0 saturated heterocycles. The Morgan fingerprint density at radius 1 is 1.00 bits per heavy atom. The van der Waals surface area contributed by atoms with Crippen molar-refractivity contribution in [1.29, 1.82) is 0 Å². The topological polar surface area (TPSA) is 32.9 Å². The van der Waals surface area contributed by atoms with Crippen molar-refractivity contribution in [3.63, 3.8) is 0 Å². The number of aryl methyl sites for hydroxylation is 1. The summed E-state index contributed by atoms with van der Waals surface area (Å²) >= 11 is 6.18. The first-order chi connectivity index (χ1) is 9.16. The maximum atomic E-state index is 12.1. The minimum atomic E-state index is -0.0869. The average Bonchev–Trinajstić information content (AvgIpc) is 2.40. The number of pyridine rings is 1. The van der Waals surface area contributed by atoms with E-state index in [0.717, 1.165) is 22.2 Å². The zero-order valence-electron chi connectivity index (χ0n) is 10.4. The lowest BCUT2D eigenvalue weighted by molar-refractivity contribution is 1.27. The summed E-state index contributed by atoms with van der Waals surface area (Å²) in [6, 6.07) is 15.2. The van der Waals surface area contributed by atoms with Gasteiger partial charge in [-0.1, -0.05) is 41.9 Å². The van der Waals surface area contributed by atoms with E-state index >= 15 is 0 Å². The smallest absolute Gasteiger partial charge is 0.256 e. The van der Waals surface area contributed by atoms with Crippen molar-refractivity contribution in [2.75, 3.05) is 0 Å². The average molecular weight is 270 g/mol. The monoisotopic (exact) mass is 269 g/mol. The molecule has 2 nitrogen and oxygen atoms in total. The molecule has 0 radical (unpaired) electrons. The molecule has 1 heterocycles. The molecule has 94 valence electrons. The van der Waals surface area contributed by atoms with Crippen LogP contribution in [-0.4, -0.2) is 4.98 Å². The molecular weight excluding hydrogens is 258 g/mol. The fourth-order valence-corrected chi connectivity index (χ4v) is 2.50. The zero-order valence-corrected chi connectivity index (χ0v) is 11.2. The second kappa shape index (κ2) is 4.56. The molecule has 19 heavy (non-hydrogen) atoms. The van der Waals surface area contributed by atoms with E-state index in [-0.39, 0.29) is 5.56 Å². The van der Waals surface area contributed by atoms with E-state index in [1.54, 1.807) is 0 Å². The highest BCUT2D eigenvalue weighted by molar-refractivity contribution is 6.33. The SMILES string of the molecule is Cc1cccc2c(=O)[nH]c(-c3ccccc3Cl)cc12. The van der Waals surface area contributed by atoms with Gasteiger partial charge in [-0.25, -0.2) is 0 Å². The number of halogens is 1. The van der Waals surface area contributed by atoms with Crippen LogP contribution in [0.15, 0.2) is 53.3 Å². The van der Waals surface area contributed by atoms with Crippen LogP contribution in [0, 0.1) is 6.92 Å². The van der Waals surface area contributed by atoms with Crippen LogP contribution in [0.1, 0.15) is 5.56 Å². The molecule has 0 aliphatic heterocycles. The summed E-state index contributed by atoms with van der Waals surface area (Å²) in [6.45, 7) is 2.00. The van der Waals surface area contributed by atoms with Crippen molar-refractivity contribution in [3.8, 4) is 11.3 Å². The van der Waals surface area contributed by atoms with E-state index in [9.17, 15) is 4.79 Å². The van der Waals surface area contributed by atoms with Crippen LogP contribution in [0.25, 0.3) is 22.0 Å². The van der Waals surface area contributed by atoms with Crippen LogP contribution in [-0.2, 0) is 0 Å². The third-order valence-corrected chi connectivity index (χ3v) is 3.60. The molecule has 3 heteroatoms. The van der Waals surface area contributed by atoms with Crippen molar-refractivity contribution in [2.24, 2.45) is 0 Å². The Bertz CT molecular complexity index is 820. The maximum Gasteiger partial charge on any atom is 0.256 e. The van der Waals surface area contributed by atoms with Crippen molar-refractivity contribution in [2.45, 2.75) is 6.92 Å². The van der Waals surface area contributed by atoms with Crippen molar-refractivity contribution < 1.29 is 0 Å². The first-order valence-corrected chi connectivity index (χ1v) is 6.42. The fraction of sp³-hybridized carbons (Fsp3) is 0.0625. The molecule has 0 unspecified atom stereocenters. The molecule has 0 bridgehead atoms. The van der Waals surface area contributed by atoms with Crippen LogP contribution in [0.2, 0.25) is 5.02 Å². The summed E-state index contributed by atoms with van der Waals surface area (Å²) in [6.07, 6.45) is 0. The van der Waals surface area contributed by atoms with Gasteiger partial charge in [0.2, 0.25) is 0 Å². The van der Waals surface area contributed by atoms with Gasteiger partial charge in [0, 0.05) is 16.0 Å². The van der Waals surface area contributed by atoms with Gasteiger partial charge in [-0.15, -0.1) is 0 Å². The highest BCUT2D eigenvalue weighted by atomic mass is 35.5. The number of benzene rings is 2. The maximum absolute atomic E-state index is 12.1. The van der Waals surface area contributed by atoms with Crippen molar-refractivity contribution in [1.82, 2.24) is 4.98 Å². The first kappa shape index (κ1) is 12.0.